The van der Waals surface area contributed by atoms with Crippen LogP contribution in [0.4, 0.5) is 0 Å². The second-order valence-electron chi connectivity index (χ2n) is 7.58. The lowest BCUT2D eigenvalue weighted by molar-refractivity contribution is 1.07. The van der Waals surface area contributed by atoms with Crippen LogP contribution in [0.15, 0.2) is 97.1 Å². The van der Waals surface area contributed by atoms with Gasteiger partial charge < -0.3 is 0 Å². The minimum atomic E-state index is 0.740. The topological polar surface area (TPSA) is 30.7 Å². The molecule has 0 N–H and O–H groups in total. The SMILES string of the molecule is Cc1cccc2c3ccccc3n(-c3nc(-c4ccccc4)nc4ccccc34)c12. The molecule has 2 aromatic heterocycles. The standard InChI is InChI=1S/C27H19N3/c1-18-10-9-15-21-20-13-6-8-17-24(20)30(25(18)21)27-22-14-5-7-16-23(22)28-26(29-27)19-11-3-2-4-12-19/h2-17H,1H3. The summed E-state index contributed by atoms with van der Waals surface area (Å²) in [5, 5.41) is 3.53. The second-order valence-corrected chi connectivity index (χ2v) is 7.58. The largest absolute Gasteiger partial charge is 0.293 e. The van der Waals surface area contributed by atoms with Crippen molar-refractivity contribution < 1.29 is 0 Å². The van der Waals surface area contributed by atoms with Crippen LogP contribution in [-0.2, 0) is 0 Å². The summed E-state index contributed by atoms with van der Waals surface area (Å²) < 4.78 is 2.30. The van der Waals surface area contributed by atoms with Gasteiger partial charge in [-0.2, -0.15) is 0 Å². The molecule has 6 aromatic rings. The molecular weight excluding hydrogens is 366 g/mol. The lowest BCUT2D eigenvalue weighted by Crippen LogP contribution is -2.03. The molecule has 0 unspecified atom stereocenters. The highest BCUT2D eigenvalue weighted by molar-refractivity contribution is 6.11. The van der Waals surface area contributed by atoms with Crippen molar-refractivity contribution in [1.29, 1.82) is 0 Å². The molecule has 6 rings (SSSR count). The van der Waals surface area contributed by atoms with Crippen molar-refractivity contribution in [1.82, 2.24) is 14.5 Å². The monoisotopic (exact) mass is 385 g/mol. The number of nitrogens with zero attached hydrogens (tertiary/aromatic N) is 3. The average molecular weight is 385 g/mol. The minimum absolute atomic E-state index is 0.740. The van der Waals surface area contributed by atoms with Crippen molar-refractivity contribution in [3.8, 4) is 17.2 Å². The Morgan fingerprint density at radius 3 is 2.17 bits per heavy atom. The highest BCUT2D eigenvalue weighted by atomic mass is 15.1. The van der Waals surface area contributed by atoms with Gasteiger partial charge in [-0.3, -0.25) is 4.57 Å². The summed E-state index contributed by atoms with van der Waals surface area (Å²) in [6, 6.07) is 33.5. The Morgan fingerprint density at radius 1 is 0.600 bits per heavy atom. The zero-order valence-electron chi connectivity index (χ0n) is 16.6. The van der Waals surface area contributed by atoms with Crippen molar-refractivity contribution in [2.24, 2.45) is 0 Å². The van der Waals surface area contributed by atoms with Gasteiger partial charge in [0, 0.05) is 21.7 Å². The molecule has 2 heterocycles. The smallest absolute Gasteiger partial charge is 0.162 e. The maximum absolute atomic E-state index is 5.11. The summed E-state index contributed by atoms with van der Waals surface area (Å²) in [6.07, 6.45) is 0. The highest BCUT2D eigenvalue weighted by Gasteiger charge is 2.18. The van der Waals surface area contributed by atoms with Crippen LogP contribution in [0.3, 0.4) is 0 Å². The first-order valence-corrected chi connectivity index (χ1v) is 10.1. The van der Waals surface area contributed by atoms with E-state index in [9.17, 15) is 0 Å². The molecule has 0 aliphatic carbocycles. The maximum Gasteiger partial charge on any atom is 0.162 e. The van der Waals surface area contributed by atoms with Crippen LogP contribution in [0.25, 0.3) is 49.9 Å². The molecule has 0 aliphatic heterocycles. The fraction of sp³-hybridized carbons (Fsp3) is 0.0370. The van der Waals surface area contributed by atoms with E-state index in [4.69, 9.17) is 9.97 Å². The van der Waals surface area contributed by atoms with Crippen LogP contribution in [0.5, 0.6) is 0 Å². The molecule has 3 nitrogen and oxygen atoms in total. The Morgan fingerprint density at radius 2 is 1.30 bits per heavy atom. The van der Waals surface area contributed by atoms with Crippen LogP contribution in [0.1, 0.15) is 5.56 Å². The molecule has 30 heavy (non-hydrogen) atoms. The summed E-state index contributed by atoms with van der Waals surface area (Å²) in [6.45, 7) is 2.17. The van der Waals surface area contributed by atoms with Gasteiger partial charge >= 0.3 is 0 Å². The van der Waals surface area contributed by atoms with E-state index in [0.717, 1.165) is 33.6 Å². The molecule has 0 saturated carbocycles. The number of hydrogen-bond donors (Lipinski definition) is 0. The Hall–Kier alpha value is -3.98. The Kier molecular flexibility index (Phi) is 3.68. The third kappa shape index (κ3) is 2.45. The van der Waals surface area contributed by atoms with Crippen molar-refractivity contribution in [2.75, 3.05) is 0 Å². The van der Waals surface area contributed by atoms with Gasteiger partial charge in [0.1, 0.15) is 5.82 Å². The first-order chi connectivity index (χ1) is 14.8. The normalized spacial score (nSPS) is 11.5. The molecular formula is C27H19N3. The van der Waals surface area contributed by atoms with E-state index in [1.54, 1.807) is 0 Å². The fourth-order valence-corrected chi connectivity index (χ4v) is 4.36. The molecule has 0 saturated heterocycles. The van der Waals surface area contributed by atoms with E-state index in [1.807, 2.05) is 24.3 Å². The van der Waals surface area contributed by atoms with Gasteiger partial charge in [-0.15, -0.1) is 0 Å². The predicted octanol–water partition coefficient (Wildman–Crippen LogP) is 6.70. The number of fused-ring (bicyclic) bond motifs is 4. The van der Waals surface area contributed by atoms with E-state index in [1.165, 1.54) is 21.9 Å². The third-order valence-corrected chi connectivity index (χ3v) is 5.72. The highest BCUT2D eigenvalue weighted by Crippen LogP contribution is 2.35. The fourth-order valence-electron chi connectivity index (χ4n) is 4.36. The molecule has 0 spiro atoms. The number of benzene rings is 4. The lowest BCUT2D eigenvalue weighted by atomic mass is 10.1. The molecule has 0 fully saturated rings. The van der Waals surface area contributed by atoms with Crippen LogP contribution in [-0.4, -0.2) is 14.5 Å². The van der Waals surface area contributed by atoms with Gasteiger partial charge in [-0.1, -0.05) is 78.9 Å². The maximum atomic E-state index is 5.11. The van der Waals surface area contributed by atoms with Crippen molar-refractivity contribution >= 4 is 32.7 Å². The Bertz CT molecular complexity index is 1550. The molecule has 0 amide bonds. The third-order valence-electron chi connectivity index (χ3n) is 5.72. The predicted molar refractivity (Wildman–Crippen MR) is 124 cm³/mol. The number of aromatic nitrogens is 3. The van der Waals surface area contributed by atoms with E-state index < -0.39 is 0 Å². The molecule has 4 aromatic carbocycles. The number of hydrogen-bond acceptors (Lipinski definition) is 2. The van der Waals surface area contributed by atoms with Gasteiger partial charge in [0.2, 0.25) is 0 Å². The van der Waals surface area contributed by atoms with Gasteiger partial charge in [0.15, 0.2) is 5.82 Å². The summed E-state index contributed by atoms with van der Waals surface area (Å²) >= 11 is 0. The Labute approximate surface area is 174 Å². The summed E-state index contributed by atoms with van der Waals surface area (Å²) in [5.74, 6) is 1.66. The molecule has 0 atom stereocenters. The van der Waals surface area contributed by atoms with Crippen molar-refractivity contribution in [3.05, 3.63) is 103 Å². The molecule has 0 bridgehead atoms. The van der Waals surface area contributed by atoms with Gasteiger partial charge in [-0.25, -0.2) is 9.97 Å². The molecule has 0 aliphatic rings. The van der Waals surface area contributed by atoms with Crippen LogP contribution in [0, 0.1) is 6.92 Å². The van der Waals surface area contributed by atoms with Crippen LogP contribution >= 0.6 is 0 Å². The van der Waals surface area contributed by atoms with Crippen LogP contribution < -0.4 is 0 Å². The number of aryl methyl sites for hydroxylation is 1. The van der Waals surface area contributed by atoms with E-state index in [2.05, 4.69) is 84.3 Å². The molecule has 142 valence electrons. The lowest BCUT2D eigenvalue weighted by Gasteiger charge is -2.13. The molecule has 0 radical (unpaired) electrons. The van der Waals surface area contributed by atoms with Crippen LogP contribution in [0.2, 0.25) is 0 Å². The van der Waals surface area contributed by atoms with Crippen molar-refractivity contribution in [2.45, 2.75) is 6.92 Å². The van der Waals surface area contributed by atoms with E-state index in [0.29, 0.717) is 0 Å². The molecule has 3 heteroatoms. The Balaban J connectivity index is 1.81. The van der Waals surface area contributed by atoms with E-state index in [-0.39, 0.29) is 0 Å². The quantitative estimate of drug-likeness (QED) is 0.332. The minimum Gasteiger partial charge on any atom is -0.293 e. The van der Waals surface area contributed by atoms with E-state index >= 15 is 0 Å². The average Bonchev–Trinajstić information content (AvgIpc) is 3.15. The zero-order chi connectivity index (χ0) is 20.1. The number of para-hydroxylation sites is 3. The van der Waals surface area contributed by atoms with Crippen molar-refractivity contribution in [3.63, 3.8) is 0 Å². The summed E-state index contributed by atoms with van der Waals surface area (Å²) in [5.41, 5.74) is 5.54. The number of rotatable bonds is 2. The first kappa shape index (κ1) is 16.9. The summed E-state index contributed by atoms with van der Waals surface area (Å²) in [4.78, 5) is 9.98. The summed E-state index contributed by atoms with van der Waals surface area (Å²) in [7, 11) is 0. The zero-order valence-corrected chi connectivity index (χ0v) is 16.6. The first-order valence-electron chi connectivity index (χ1n) is 10.1. The van der Waals surface area contributed by atoms with Gasteiger partial charge in [0.25, 0.3) is 0 Å². The second kappa shape index (κ2) is 6.53. The van der Waals surface area contributed by atoms with Gasteiger partial charge in [-0.05, 0) is 30.7 Å². The van der Waals surface area contributed by atoms with Gasteiger partial charge in [0.05, 0.1) is 16.6 Å².